The van der Waals surface area contributed by atoms with Crippen molar-refractivity contribution < 1.29 is 0 Å². The number of hydrogen-bond donors (Lipinski definition) is 1. The first-order valence-electron chi connectivity index (χ1n) is 5.45. The minimum Gasteiger partial charge on any atom is -0.366 e. The van der Waals surface area contributed by atoms with E-state index in [1.54, 1.807) is 0 Å². The Labute approximate surface area is 98.8 Å². The fourth-order valence-corrected chi connectivity index (χ4v) is 3.63. The van der Waals surface area contributed by atoms with Crippen LogP contribution < -0.4 is 10.2 Å². The van der Waals surface area contributed by atoms with E-state index in [0.717, 1.165) is 13.1 Å². The topological polar surface area (TPSA) is 15.3 Å². The number of para-hydroxylation sites is 1. The van der Waals surface area contributed by atoms with Crippen molar-refractivity contribution >= 4 is 21.6 Å². The maximum atomic E-state index is 3.66. The first-order valence-corrected chi connectivity index (χ1v) is 6.24. The molecule has 1 saturated heterocycles. The molecule has 1 unspecified atom stereocenters. The van der Waals surface area contributed by atoms with Gasteiger partial charge in [-0.05, 0) is 46.9 Å². The van der Waals surface area contributed by atoms with Crippen molar-refractivity contribution in [2.24, 2.45) is 0 Å². The lowest BCUT2D eigenvalue weighted by atomic mass is 9.94. The first-order chi connectivity index (χ1) is 7.23. The highest BCUT2D eigenvalue weighted by atomic mass is 79.9. The lowest BCUT2D eigenvalue weighted by Gasteiger charge is -2.33. The van der Waals surface area contributed by atoms with E-state index >= 15 is 0 Å². The van der Waals surface area contributed by atoms with Gasteiger partial charge in [0.2, 0.25) is 0 Å². The largest absolute Gasteiger partial charge is 0.366 e. The van der Waals surface area contributed by atoms with Crippen LogP contribution >= 0.6 is 15.9 Å². The smallest absolute Gasteiger partial charge is 0.0576 e. The van der Waals surface area contributed by atoms with E-state index in [0.29, 0.717) is 5.54 Å². The fraction of sp³-hybridized carbons (Fsp3) is 0.500. The Morgan fingerprint density at radius 2 is 2.33 bits per heavy atom. The number of hydrogen-bond acceptors (Lipinski definition) is 2. The van der Waals surface area contributed by atoms with Crippen molar-refractivity contribution in [2.45, 2.75) is 18.4 Å². The minimum absolute atomic E-state index is 0.339. The van der Waals surface area contributed by atoms with Gasteiger partial charge in [-0.3, -0.25) is 0 Å². The van der Waals surface area contributed by atoms with Crippen molar-refractivity contribution in [2.75, 3.05) is 25.0 Å². The normalized spacial score (nSPS) is 28.8. The number of rotatable bonds is 0. The average Bonchev–Trinajstić information content (AvgIpc) is 2.76. The van der Waals surface area contributed by atoms with Gasteiger partial charge in [-0.1, -0.05) is 12.1 Å². The van der Waals surface area contributed by atoms with Crippen LogP contribution in [-0.2, 0) is 6.42 Å². The van der Waals surface area contributed by atoms with Crippen LogP contribution in [0.25, 0.3) is 0 Å². The Kier molecular flexibility index (Phi) is 2.08. The minimum atomic E-state index is 0.339. The van der Waals surface area contributed by atoms with E-state index < -0.39 is 0 Å². The van der Waals surface area contributed by atoms with Crippen LogP contribution in [0.1, 0.15) is 12.0 Å². The summed E-state index contributed by atoms with van der Waals surface area (Å²) < 4.78 is 1.23. The summed E-state index contributed by atoms with van der Waals surface area (Å²) >= 11 is 3.66. The summed E-state index contributed by atoms with van der Waals surface area (Å²) in [4.78, 5) is 2.46. The fourth-order valence-electron chi connectivity index (χ4n) is 2.96. The number of halogens is 1. The van der Waals surface area contributed by atoms with Gasteiger partial charge in [0.1, 0.15) is 0 Å². The van der Waals surface area contributed by atoms with Gasteiger partial charge in [-0.15, -0.1) is 0 Å². The molecule has 3 heteroatoms. The number of nitrogens with zero attached hydrogens (tertiary/aromatic N) is 1. The predicted molar refractivity (Wildman–Crippen MR) is 66.5 cm³/mol. The molecular formula is C12H15BrN2. The van der Waals surface area contributed by atoms with Crippen LogP contribution in [0.15, 0.2) is 22.7 Å². The summed E-state index contributed by atoms with van der Waals surface area (Å²) in [5, 5.41) is 3.48. The Balaban J connectivity index is 2.08. The lowest BCUT2D eigenvalue weighted by molar-refractivity contribution is 0.465. The molecule has 0 bridgehead atoms. The van der Waals surface area contributed by atoms with Crippen molar-refractivity contribution in [3.8, 4) is 0 Å². The second kappa shape index (κ2) is 3.22. The highest BCUT2D eigenvalue weighted by Gasteiger charge is 2.44. The monoisotopic (exact) mass is 266 g/mol. The Hall–Kier alpha value is -0.540. The molecule has 1 aromatic rings. The van der Waals surface area contributed by atoms with Crippen LogP contribution in [0.4, 0.5) is 5.69 Å². The number of benzene rings is 1. The summed E-state index contributed by atoms with van der Waals surface area (Å²) in [7, 11) is 2.23. The SMILES string of the molecule is CN1c2c(Br)cccc2CC12CCNC2. The van der Waals surface area contributed by atoms with Crippen LogP contribution in [-0.4, -0.2) is 25.7 Å². The van der Waals surface area contributed by atoms with Gasteiger partial charge in [0.25, 0.3) is 0 Å². The number of fused-ring (bicyclic) bond motifs is 1. The molecule has 1 aromatic carbocycles. The van der Waals surface area contributed by atoms with E-state index in [-0.39, 0.29) is 0 Å². The second-order valence-corrected chi connectivity index (χ2v) is 5.49. The van der Waals surface area contributed by atoms with E-state index in [2.05, 4.69) is 51.4 Å². The molecule has 1 atom stereocenters. The first kappa shape index (κ1) is 9.67. The highest BCUT2D eigenvalue weighted by molar-refractivity contribution is 9.10. The maximum Gasteiger partial charge on any atom is 0.0576 e. The van der Waals surface area contributed by atoms with E-state index in [9.17, 15) is 0 Å². The zero-order valence-electron chi connectivity index (χ0n) is 8.89. The molecular weight excluding hydrogens is 252 g/mol. The molecule has 2 aliphatic heterocycles. The molecule has 1 spiro atoms. The molecule has 80 valence electrons. The van der Waals surface area contributed by atoms with Gasteiger partial charge in [-0.25, -0.2) is 0 Å². The molecule has 0 saturated carbocycles. The number of nitrogens with one attached hydrogen (secondary N) is 1. The lowest BCUT2D eigenvalue weighted by Crippen LogP contribution is -2.46. The third-order valence-corrected chi connectivity index (χ3v) is 4.50. The van der Waals surface area contributed by atoms with Gasteiger partial charge >= 0.3 is 0 Å². The standard InChI is InChI=1S/C12H15BrN2/c1-15-11-9(3-2-4-10(11)13)7-12(15)5-6-14-8-12/h2-4,14H,5-8H2,1H3. The maximum absolute atomic E-state index is 3.66. The van der Waals surface area contributed by atoms with E-state index in [1.807, 2.05) is 0 Å². The molecule has 1 fully saturated rings. The summed E-state index contributed by atoms with van der Waals surface area (Å²) in [5.41, 5.74) is 3.21. The van der Waals surface area contributed by atoms with Crippen molar-refractivity contribution in [1.29, 1.82) is 0 Å². The Morgan fingerprint density at radius 1 is 1.47 bits per heavy atom. The zero-order valence-corrected chi connectivity index (χ0v) is 10.5. The molecule has 0 amide bonds. The predicted octanol–water partition coefficient (Wildman–Crippen LogP) is 2.17. The molecule has 2 nitrogen and oxygen atoms in total. The molecule has 2 heterocycles. The summed E-state index contributed by atoms with van der Waals surface area (Å²) in [5.74, 6) is 0. The molecule has 15 heavy (non-hydrogen) atoms. The summed E-state index contributed by atoms with van der Waals surface area (Å²) in [6, 6.07) is 6.53. The van der Waals surface area contributed by atoms with Gasteiger partial charge in [0.05, 0.1) is 11.2 Å². The van der Waals surface area contributed by atoms with Crippen LogP contribution in [0.2, 0.25) is 0 Å². The Morgan fingerprint density at radius 3 is 3.00 bits per heavy atom. The van der Waals surface area contributed by atoms with Crippen molar-refractivity contribution in [3.63, 3.8) is 0 Å². The van der Waals surface area contributed by atoms with E-state index in [1.165, 1.54) is 28.6 Å². The number of anilines is 1. The van der Waals surface area contributed by atoms with Crippen molar-refractivity contribution in [3.05, 3.63) is 28.2 Å². The highest BCUT2D eigenvalue weighted by Crippen LogP contribution is 2.44. The van der Waals surface area contributed by atoms with Gasteiger partial charge < -0.3 is 10.2 Å². The zero-order chi connectivity index (χ0) is 10.5. The van der Waals surface area contributed by atoms with Gasteiger partial charge in [0.15, 0.2) is 0 Å². The third kappa shape index (κ3) is 1.26. The molecule has 2 aliphatic rings. The van der Waals surface area contributed by atoms with Gasteiger partial charge in [-0.2, -0.15) is 0 Å². The molecule has 0 radical (unpaired) electrons. The van der Waals surface area contributed by atoms with Crippen LogP contribution in [0.3, 0.4) is 0 Å². The summed E-state index contributed by atoms with van der Waals surface area (Å²) in [6.07, 6.45) is 2.44. The quantitative estimate of drug-likeness (QED) is 0.775. The van der Waals surface area contributed by atoms with Gasteiger partial charge in [0, 0.05) is 18.1 Å². The second-order valence-electron chi connectivity index (χ2n) is 4.63. The third-order valence-electron chi connectivity index (χ3n) is 3.86. The van der Waals surface area contributed by atoms with Crippen molar-refractivity contribution in [1.82, 2.24) is 5.32 Å². The molecule has 1 N–H and O–H groups in total. The number of likely N-dealkylation sites (N-methyl/N-ethyl adjacent to an activating group) is 1. The Bertz CT molecular complexity index is 397. The average molecular weight is 267 g/mol. The molecule has 3 rings (SSSR count). The summed E-state index contributed by atoms with van der Waals surface area (Å²) in [6.45, 7) is 2.26. The molecule has 0 aromatic heterocycles. The van der Waals surface area contributed by atoms with Crippen LogP contribution in [0, 0.1) is 0 Å². The van der Waals surface area contributed by atoms with E-state index in [4.69, 9.17) is 0 Å². The van der Waals surface area contributed by atoms with Crippen LogP contribution in [0.5, 0.6) is 0 Å². The molecule has 0 aliphatic carbocycles.